The maximum absolute atomic E-state index is 12.8. The van der Waals surface area contributed by atoms with E-state index in [0.29, 0.717) is 24.2 Å². The van der Waals surface area contributed by atoms with Crippen molar-refractivity contribution in [1.29, 1.82) is 0 Å². The molecule has 1 aromatic carbocycles. The van der Waals surface area contributed by atoms with E-state index in [1.807, 2.05) is 34.9 Å². The summed E-state index contributed by atoms with van der Waals surface area (Å²) in [6.45, 7) is 8.47. The topological polar surface area (TPSA) is 59.4 Å². The van der Waals surface area contributed by atoms with Gasteiger partial charge in [0.15, 0.2) is 0 Å². The number of hydrogen-bond donors (Lipinski definition) is 1. The van der Waals surface area contributed by atoms with Crippen LogP contribution in [0.4, 0.5) is 0 Å². The number of benzene rings is 1. The monoisotopic (exact) mass is 356 g/mol. The molecule has 1 saturated heterocycles. The Balaban J connectivity index is 1.66. The molecule has 0 aliphatic carbocycles. The third-order valence-corrected chi connectivity index (χ3v) is 4.71. The zero-order chi connectivity index (χ0) is 18.4. The fraction of sp³-hybridized carbons (Fsp3) is 0.500. The average Bonchev–Trinajstić information content (AvgIpc) is 3.16. The highest BCUT2D eigenvalue weighted by Gasteiger charge is 2.23. The fourth-order valence-electron chi connectivity index (χ4n) is 3.41. The molecule has 2 aromatic rings. The van der Waals surface area contributed by atoms with Crippen molar-refractivity contribution in [3.05, 3.63) is 48.5 Å². The second-order valence-corrected chi connectivity index (χ2v) is 7.13. The Bertz CT molecular complexity index is 693. The zero-order valence-corrected chi connectivity index (χ0v) is 15.6. The SMILES string of the molecule is CC(C)CC(CNC(=O)c1cncn1-c1ccccc1)N1CCOCC1. The average molecular weight is 356 g/mol. The summed E-state index contributed by atoms with van der Waals surface area (Å²) in [5.74, 6) is 0.489. The third-order valence-electron chi connectivity index (χ3n) is 4.71. The van der Waals surface area contributed by atoms with E-state index in [1.165, 1.54) is 0 Å². The van der Waals surface area contributed by atoms with Gasteiger partial charge >= 0.3 is 0 Å². The van der Waals surface area contributed by atoms with E-state index in [4.69, 9.17) is 4.74 Å². The third kappa shape index (κ3) is 4.71. The van der Waals surface area contributed by atoms with Crippen LogP contribution in [0.25, 0.3) is 5.69 Å². The lowest BCUT2D eigenvalue weighted by Crippen LogP contribution is -2.49. The van der Waals surface area contributed by atoms with E-state index in [2.05, 4.69) is 29.0 Å². The Hall–Kier alpha value is -2.18. The van der Waals surface area contributed by atoms with Crippen molar-refractivity contribution in [1.82, 2.24) is 19.8 Å². The van der Waals surface area contributed by atoms with Crippen molar-refractivity contribution in [3.8, 4) is 5.69 Å². The molecule has 1 aliphatic heterocycles. The van der Waals surface area contributed by atoms with E-state index in [-0.39, 0.29) is 5.91 Å². The molecule has 1 N–H and O–H groups in total. The van der Waals surface area contributed by atoms with Gasteiger partial charge in [0.2, 0.25) is 0 Å². The molecule has 0 bridgehead atoms. The molecule has 1 aliphatic rings. The zero-order valence-electron chi connectivity index (χ0n) is 15.6. The molecule has 140 valence electrons. The molecule has 2 heterocycles. The van der Waals surface area contributed by atoms with Gasteiger partial charge in [-0.25, -0.2) is 4.98 Å². The van der Waals surface area contributed by atoms with Crippen molar-refractivity contribution >= 4 is 5.91 Å². The normalized spacial score (nSPS) is 16.6. The molecule has 3 rings (SSSR count). The summed E-state index contributed by atoms with van der Waals surface area (Å²) in [4.78, 5) is 19.3. The number of amides is 1. The van der Waals surface area contributed by atoms with Crippen molar-refractivity contribution < 1.29 is 9.53 Å². The van der Waals surface area contributed by atoms with Gasteiger partial charge in [-0.15, -0.1) is 0 Å². The number of aromatic nitrogens is 2. The molecule has 1 amide bonds. The van der Waals surface area contributed by atoms with Crippen LogP contribution in [0.2, 0.25) is 0 Å². The maximum Gasteiger partial charge on any atom is 0.269 e. The number of carbonyl (C=O) groups is 1. The predicted molar refractivity (Wildman–Crippen MR) is 102 cm³/mol. The lowest BCUT2D eigenvalue weighted by Gasteiger charge is -2.35. The Labute approximate surface area is 155 Å². The molecular weight excluding hydrogens is 328 g/mol. The summed E-state index contributed by atoms with van der Waals surface area (Å²) in [5, 5.41) is 3.12. The van der Waals surface area contributed by atoms with Crippen LogP contribution < -0.4 is 5.32 Å². The Morgan fingerprint density at radius 2 is 1.96 bits per heavy atom. The highest BCUT2D eigenvalue weighted by Crippen LogP contribution is 2.14. The number of imidazole rings is 1. The minimum atomic E-state index is -0.0895. The van der Waals surface area contributed by atoms with Gasteiger partial charge in [-0.05, 0) is 24.5 Å². The molecule has 0 spiro atoms. The maximum atomic E-state index is 12.8. The van der Waals surface area contributed by atoms with E-state index in [9.17, 15) is 4.79 Å². The van der Waals surface area contributed by atoms with Gasteiger partial charge in [-0.3, -0.25) is 14.3 Å². The summed E-state index contributed by atoms with van der Waals surface area (Å²) in [5.41, 5.74) is 1.49. The van der Waals surface area contributed by atoms with Crippen molar-refractivity contribution in [2.24, 2.45) is 5.92 Å². The van der Waals surface area contributed by atoms with Gasteiger partial charge in [-0.2, -0.15) is 0 Å². The van der Waals surface area contributed by atoms with Gasteiger partial charge in [0.1, 0.15) is 5.69 Å². The largest absolute Gasteiger partial charge is 0.379 e. The number of hydrogen-bond acceptors (Lipinski definition) is 4. The molecule has 1 unspecified atom stereocenters. The lowest BCUT2D eigenvalue weighted by atomic mass is 10.0. The van der Waals surface area contributed by atoms with Crippen LogP contribution in [0.3, 0.4) is 0 Å². The molecule has 1 fully saturated rings. The smallest absolute Gasteiger partial charge is 0.269 e. The van der Waals surface area contributed by atoms with Crippen LogP contribution in [0.1, 0.15) is 30.8 Å². The van der Waals surface area contributed by atoms with Crippen LogP contribution in [-0.4, -0.2) is 59.2 Å². The molecule has 0 radical (unpaired) electrons. The summed E-state index contributed by atoms with van der Waals surface area (Å²) in [6.07, 6.45) is 4.35. The molecule has 1 aromatic heterocycles. The summed E-state index contributed by atoms with van der Waals surface area (Å²) in [6, 6.07) is 10.1. The molecule has 26 heavy (non-hydrogen) atoms. The van der Waals surface area contributed by atoms with Crippen LogP contribution >= 0.6 is 0 Å². The second-order valence-electron chi connectivity index (χ2n) is 7.13. The van der Waals surface area contributed by atoms with Crippen molar-refractivity contribution in [3.63, 3.8) is 0 Å². The number of rotatable bonds is 7. The fourth-order valence-corrected chi connectivity index (χ4v) is 3.41. The number of carbonyl (C=O) groups excluding carboxylic acids is 1. The van der Waals surface area contributed by atoms with Gasteiger partial charge in [0, 0.05) is 31.4 Å². The standard InChI is InChI=1S/C20H28N4O2/c1-16(2)12-18(23-8-10-26-11-9-23)13-22-20(25)19-14-21-15-24(19)17-6-4-3-5-7-17/h3-7,14-16,18H,8-13H2,1-2H3,(H,22,25). The van der Waals surface area contributed by atoms with Crippen molar-refractivity contribution in [2.45, 2.75) is 26.3 Å². The number of morpholine rings is 1. The predicted octanol–water partition coefficient (Wildman–Crippen LogP) is 2.35. The van der Waals surface area contributed by atoms with E-state index in [1.54, 1.807) is 12.5 Å². The van der Waals surface area contributed by atoms with Crippen LogP contribution in [0, 0.1) is 5.92 Å². The summed E-state index contributed by atoms with van der Waals surface area (Å²) >= 11 is 0. The van der Waals surface area contributed by atoms with Crippen LogP contribution in [0.5, 0.6) is 0 Å². The van der Waals surface area contributed by atoms with Crippen LogP contribution in [-0.2, 0) is 4.74 Å². The Morgan fingerprint density at radius 3 is 2.65 bits per heavy atom. The minimum Gasteiger partial charge on any atom is -0.379 e. The quantitative estimate of drug-likeness (QED) is 0.827. The Morgan fingerprint density at radius 1 is 1.23 bits per heavy atom. The van der Waals surface area contributed by atoms with E-state index < -0.39 is 0 Å². The molecular formula is C20H28N4O2. The highest BCUT2D eigenvalue weighted by atomic mass is 16.5. The van der Waals surface area contributed by atoms with E-state index in [0.717, 1.165) is 38.4 Å². The molecule has 6 heteroatoms. The molecule has 0 saturated carbocycles. The second kappa shape index (κ2) is 8.96. The summed E-state index contributed by atoms with van der Waals surface area (Å²) < 4.78 is 7.28. The number of nitrogens with zero attached hydrogens (tertiary/aromatic N) is 3. The first kappa shape index (κ1) is 18.6. The number of nitrogens with one attached hydrogen (secondary N) is 1. The molecule has 1 atom stereocenters. The first-order valence-corrected chi connectivity index (χ1v) is 9.33. The minimum absolute atomic E-state index is 0.0895. The first-order chi connectivity index (χ1) is 12.6. The number of ether oxygens (including phenoxy) is 1. The molecule has 6 nitrogen and oxygen atoms in total. The van der Waals surface area contributed by atoms with Gasteiger partial charge in [0.25, 0.3) is 5.91 Å². The van der Waals surface area contributed by atoms with Gasteiger partial charge in [-0.1, -0.05) is 32.0 Å². The first-order valence-electron chi connectivity index (χ1n) is 9.33. The Kier molecular flexibility index (Phi) is 6.41. The van der Waals surface area contributed by atoms with E-state index >= 15 is 0 Å². The number of para-hydroxylation sites is 1. The van der Waals surface area contributed by atoms with Crippen molar-refractivity contribution in [2.75, 3.05) is 32.8 Å². The summed E-state index contributed by atoms with van der Waals surface area (Å²) in [7, 11) is 0. The van der Waals surface area contributed by atoms with Gasteiger partial charge in [0.05, 0.1) is 25.7 Å². The highest BCUT2D eigenvalue weighted by molar-refractivity contribution is 5.93. The lowest BCUT2D eigenvalue weighted by molar-refractivity contribution is 0.0124. The van der Waals surface area contributed by atoms with Gasteiger partial charge < -0.3 is 10.1 Å². The van der Waals surface area contributed by atoms with Crippen LogP contribution in [0.15, 0.2) is 42.9 Å².